The first-order chi connectivity index (χ1) is 8.65. The first-order valence-electron chi connectivity index (χ1n) is 6.71. The highest BCUT2D eigenvalue weighted by Crippen LogP contribution is 2.34. The summed E-state index contributed by atoms with van der Waals surface area (Å²) in [6.07, 6.45) is 0.150. The van der Waals surface area contributed by atoms with Gasteiger partial charge in [0.05, 0.1) is 0 Å². The first-order valence-corrected chi connectivity index (χ1v) is 6.71. The van der Waals surface area contributed by atoms with Gasteiger partial charge in [-0.15, -0.1) is 0 Å². The molecule has 0 saturated carbocycles. The van der Waals surface area contributed by atoms with Gasteiger partial charge in [-0.3, -0.25) is 0 Å². The van der Waals surface area contributed by atoms with Crippen LogP contribution in [-0.2, 0) is 4.74 Å². The van der Waals surface area contributed by atoms with Crippen LogP contribution in [0.3, 0.4) is 0 Å². The molecule has 2 N–H and O–H groups in total. The minimum atomic E-state index is -2.81. The third-order valence-corrected chi connectivity index (χ3v) is 3.15. The van der Waals surface area contributed by atoms with Crippen molar-refractivity contribution in [1.29, 1.82) is 0 Å². The largest absolute Gasteiger partial charge is 0.444 e. The number of nitrogens with zero attached hydrogens (tertiary/aromatic N) is 1. The molecule has 1 heterocycles. The molecule has 0 aromatic rings. The van der Waals surface area contributed by atoms with Gasteiger partial charge in [-0.05, 0) is 40.2 Å². The fourth-order valence-electron chi connectivity index (χ4n) is 2.21. The summed E-state index contributed by atoms with van der Waals surface area (Å²) in [5.41, 5.74) is 4.61. The topological polar surface area (TPSA) is 55.6 Å². The maximum Gasteiger partial charge on any atom is 0.410 e. The molecule has 1 amide bonds. The summed E-state index contributed by atoms with van der Waals surface area (Å²) in [5.74, 6) is -3.63. The second kappa shape index (κ2) is 6.03. The van der Waals surface area contributed by atoms with Gasteiger partial charge in [0.15, 0.2) is 0 Å². The van der Waals surface area contributed by atoms with Crippen LogP contribution in [0.5, 0.6) is 0 Å². The predicted molar refractivity (Wildman–Crippen MR) is 69.1 cm³/mol. The summed E-state index contributed by atoms with van der Waals surface area (Å²) in [6.45, 7) is 5.75. The van der Waals surface area contributed by atoms with E-state index in [4.69, 9.17) is 10.5 Å². The Morgan fingerprint density at radius 2 is 2.05 bits per heavy atom. The smallest absolute Gasteiger partial charge is 0.410 e. The van der Waals surface area contributed by atoms with Crippen LogP contribution in [0.4, 0.5) is 13.6 Å². The molecule has 1 atom stereocenters. The van der Waals surface area contributed by atoms with E-state index in [1.54, 1.807) is 20.8 Å². The number of ether oxygens (including phenoxy) is 1. The molecule has 1 fully saturated rings. The average molecular weight is 278 g/mol. The number of amides is 1. The molecule has 19 heavy (non-hydrogen) atoms. The predicted octanol–water partition coefficient (Wildman–Crippen LogP) is 2.62. The van der Waals surface area contributed by atoms with E-state index < -0.39 is 23.5 Å². The highest BCUT2D eigenvalue weighted by molar-refractivity contribution is 5.68. The van der Waals surface area contributed by atoms with E-state index in [9.17, 15) is 13.6 Å². The lowest BCUT2D eigenvalue weighted by atomic mass is 9.90. The van der Waals surface area contributed by atoms with Crippen LogP contribution in [0.25, 0.3) is 0 Å². The van der Waals surface area contributed by atoms with Crippen molar-refractivity contribution in [2.75, 3.05) is 19.6 Å². The Balaban J connectivity index is 2.62. The van der Waals surface area contributed by atoms with Crippen molar-refractivity contribution in [1.82, 2.24) is 4.90 Å². The van der Waals surface area contributed by atoms with Gasteiger partial charge < -0.3 is 15.4 Å². The number of halogens is 2. The Hall–Kier alpha value is -0.910. The SMILES string of the molecule is CC(C)(C)OC(=O)N1CCCC(C(F)(F)CCN)C1. The molecule has 0 bridgehead atoms. The highest BCUT2D eigenvalue weighted by Gasteiger charge is 2.42. The van der Waals surface area contributed by atoms with E-state index in [0.717, 1.165) is 0 Å². The lowest BCUT2D eigenvalue weighted by Crippen LogP contribution is -2.47. The van der Waals surface area contributed by atoms with Gasteiger partial charge in [-0.25, -0.2) is 13.6 Å². The maximum atomic E-state index is 13.8. The number of rotatable bonds is 3. The Morgan fingerprint density at radius 1 is 1.42 bits per heavy atom. The summed E-state index contributed by atoms with van der Waals surface area (Å²) < 4.78 is 32.9. The number of carbonyl (C=O) groups excluding carboxylic acids is 1. The molecule has 0 radical (unpaired) electrons. The normalized spacial score (nSPS) is 21.4. The summed E-state index contributed by atoms with van der Waals surface area (Å²) >= 11 is 0. The Kier molecular flexibility index (Phi) is 5.12. The van der Waals surface area contributed by atoms with E-state index in [-0.39, 0.29) is 19.5 Å². The van der Waals surface area contributed by atoms with Crippen molar-refractivity contribution in [3.8, 4) is 0 Å². The summed E-state index contributed by atoms with van der Waals surface area (Å²) in [4.78, 5) is 13.3. The molecule has 1 rings (SSSR count). The van der Waals surface area contributed by atoms with Gasteiger partial charge in [0.25, 0.3) is 5.92 Å². The molecule has 0 aliphatic carbocycles. The van der Waals surface area contributed by atoms with Crippen molar-refractivity contribution in [3.63, 3.8) is 0 Å². The van der Waals surface area contributed by atoms with E-state index in [2.05, 4.69) is 0 Å². The van der Waals surface area contributed by atoms with E-state index >= 15 is 0 Å². The molecule has 1 aliphatic heterocycles. The molecule has 112 valence electrons. The van der Waals surface area contributed by atoms with Crippen LogP contribution in [0.1, 0.15) is 40.0 Å². The zero-order valence-electron chi connectivity index (χ0n) is 11.9. The van der Waals surface area contributed by atoms with Gasteiger partial charge in [-0.2, -0.15) is 0 Å². The van der Waals surface area contributed by atoms with Gasteiger partial charge in [0.2, 0.25) is 0 Å². The van der Waals surface area contributed by atoms with Crippen LogP contribution >= 0.6 is 0 Å². The number of piperidine rings is 1. The van der Waals surface area contributed by atoms with Crippen molar-refractivity contribution in [2.24, 2.45) is 11.7 Å². The lowest BCUT2D eigenvalue weighted by Gasteiger charge is -2.37. The minimum Gasteiger partial charge on any atom is -0.444 e. The van der Waals surface area contributed by atoms with Gasteiger partial charge in [0, 0.05) is 25.4 Å². The van der Waals surface area contributed by atoms with Crippen LogP contribution in [0.2, 0.25) is 0 Å². The first kappa shape index (κ1) is 16.1. The molecular formula is C13H24F2N2O2. The number of likely N-dealkylation sites (tertiary alicyclic amines) is 1. The summed E-state index contributed by atoms with van der Waals surface area (Å²) in [6, 6.07) is 0. The van der Waals surface area contributed by atoms with E-state index in [1.807, 2.05) is 0 Å². The second-order valence-corrected chi connectivity index (χ2v) is 6.07. The number of nitrogens with two attached hydrogens (primary N) is 1. The number of alkyl halides is 2. The molecule has 0 aromatic carbocycles. The third kappa shape index (κ3) is 4.93. The van der Waals surface area contributed by atoms with Crippen molar-refractivity contribution in [3.05, 3.63) is 0 Å². The van der Waals surface area contributed by atoms with Crippen LogP contribution < -0.4 is 5.73 Å². The molecular weight excluding hydrogens is 254 g/mol. The van der Waals surface area contributed by atoms with Gasteiger partial charge in [0.1, 0.15) is 5.60 Å². The van der Waals surface area contributed by atoms with E-state index in [0.29, 0.717) is 19.4 Å². The Bertz CT molecular complexity index is 316. The van der Waals surface area contributed by atoms with Crippen LogP contribution in [0, 0.1) is 5.92 Å². The maximum absolute atomic E-state index is 13.8. The highest BCUT2D eigenvalue weighted by atomic mass is 19.3. The van der Waals surface area contributed by atoms with Crippen molar-refractivity contribution >= 4 is 6.09 Å². The van der Waals surface area contributed by atoms with Crippen LogP contribution in [0.15, 0.2) is 0 Å². The molecule has 0 spiro atoms. The van der Waals surface area contributed by atoms with Crippen molar-refractivity contribution < 1.29 is 18.3 Å². The monoisotopic (exact) mass is 278 g/mol. The standard InChI is InChI=1S/C13H24F2N2O2/c1-12(2,3)19-11(18)17-8-4-5-10(9-17)13(14,15)6-7-16/h10H,4-9,16H2,1-3H3. The molecule has 1 unspecified atom stereocenters. The zero-order chi connectivity index (χ0) is 14.7. The molecule has 1 saturated heterocycles. The minimum absolute atomic E-state index is 0.0436. The zero-order valence-corrected chi connectivity index (χ0v) is 11.9. The molecule has 1 aliphatic rings. The molecule has 4 nitrogen and oxygen atoms in total. The molecule has 6 heteroatoms. The second-order valence-electron chi connectivity index (χ2n) is 6.07. The van der Waals surface area contributed by atoms with Gasteiger partial charge >= 0.3 is 6.09 Å². The molecule has 0 aromatic heterocycles. The quantitative estimate of drug-likeness (QED) is 0.863. The fraction of sp³-hybridized carbons (Fsp3) is 0.923. The third-order valence-electron chi connectivity index (χ3n) is 3.15. The summed E-state index contributed by atoms with van der Waals surface area (Å²) in [7, 11) is 0. The fourth-order valence-corrected chi connectivity index (χ4v) is 2.21. The van der Waals surface area contributed by atoms with E-state index in [1.165, 1.54) is 4.90 Å². The number of hydrogen-bond acceptors (Lipinski definition) is 3. The Labute approximate surface area is 113 Å². The lowest BCUT2D eigenvalue weighted by molar-refractivity contribution is -0.0865. The summed E-state index contributed by atoms with van der Waals surface area (Å²) in [5, 5.41) is 0. The Morgan fingerprint density at radius 3 is 2.58 bits per heavy atom. The average Bonchev–Trinajstić information content (AvgIpc) is 2.27. The van der Waals surface area contributed by atoms with Crippen LogP contribution in [-0.4, -0.2) is 42.2 Å². The van der Waals surface area contributed by atoms with Crippen molar-refractivity contribution in [2.45, 2.75) is 51.6 Å². The number of hydrogen-bond donors (Lipinski definition) is 1. The van der Waals surface area contributed by atoms with Gasteiger partial charge in [-0.1, -0.05) is 0 Å². The number of carbonyl (C=O) groups is 1.